The minimum absolute atomic E-state index is 0.0119. The highest BCUT2D eigenvalue weighted by Gasteiger charge is 2.26. The van der Waals surface area contributed by atoms with E-state index in [2.05, 4.69) is 15.7 Å². The summed E-state index contributed by atoms with van der Waals surface area (Å²) in [4.78, 5) is 24.2. The molecule has 2 heterocycles. The number of ether oxygens (including phenoxy) is 1. The number of methoxy groups -OCH3 is 1. The van der Waals surface area contributed by atoms with E-state index < -0.39 is 17.9 Å². The topological polar surface area (TPSA) is 105 Å². The number of thioether (sulfide) groups is 1. The molecule has 1 aliphatic heterocycles. The van der Waals surface area contributed by atoms with Crippen LogP contribution in [0.4, 0.5) is 5.82 Å². The van der Waals surface area contributed by atoms with Crippen molar-refractivity contribution in [3.05, 3.63) is 35.5 Å². The van der Waals surface area contributed by atoms with Crippen LogP contribution in [0.1, 0.15) is 18.2 Å². The van der Waals surface area contributed by atoms with Crippen LogP contribution in [0.15, 0.2) is 24.3 Å². The zero-order valence-corrected chi connectivity index (χ0v) is 15.3. The highest BCUT2D eigenvalue weighted by molar-refractivity contribution is 7.98. The minimum atomic E-state index is -0.798. The molecular weight excluding hydrogens is 356 g/mol. The normalized spacial score (nSPS) is 13.8. The number of nitrogens with zero attached hydrogens (tertiary/aromatic N) is 2. The third-order valence-corrected chi connectivity index (χ3v) is 4.84. The number of nitrogens with one attached hydrogen (secondary N) is 2. The van der Waals surface area contributed by atoms with Gasteiger partial charge in [0, 0.05) is 23.6 Å². The van der Waals surface area contributed by atoms with Gasteiger partial charge < -0.3 is 20.5 Å². The molecule has 26 heavy (non-hydrogen) atoms. The Labute approximate surface area is 154 Å². The Balaban J connectivity index is 1.86. The highest BCUT2D eigenvalue weighted by Crippen LogP contribution is 2.36. The van der Waals surface area contributed by atoms with Gasteiger partial charge in [0.2, 0.25) is 0 Å². The molecule has 3 rings (SSSR count). The average molecular weight is 376 g/mol. The molecule has 0 fully saturated rings. The molecule has 0 saturated carbocycles. The van der Waals surface area contributed by atoms with Crippen LogP contribution in [-0.2, 0) is 21.1 Å². The predicted molar refractivity (Wildman–Crippen MR) is 98.4 cm³/mol. The summed E-state index contributed by atoms with van der Waals surface area (Å²) >= 11 is 1.70. The van der Waals surface area contributed by atoms with E-state index in [9.17, 15) is 14.7 Å². The second-order valence-corrected chi connectivity index (χ2v) is 6.88. The van der Waals surface area contributed by atoms with Gasteiger partial charge in [-0.25, -0.2) is 4.68 Å². The van der Waals surface area contributed by atoms with E-state index in [0.717, 1.165) is 28.5 Å². The molecule has 0 radical (unpaired) electrons. The summed E-state index contributed by atoms with van der Waals surface area (Å²) in [6.07, 6.45) is -0.725. The molecule has 0 aliphatic carbocycles. The number of aromatic nitrogens is 2. The number of anilines is 1. The number of aliphatic hydroxyl groups is 1. The molecule has 1 atom stereocenters. The van der Waals surface area contributed by atoms with Crippen LogP contribution in [-0.4, -0.2) is 46.5 Å². The third-order valence-electron chi connectivity index (χ3n) is 3.87. The second kappa shape index (κ2) is 7.79. The Hall–Kier alpha value is -2.52. The van der Waals surface area contributed by atoms with Gasteiger partial charge in [-0.2, -0.15) is 16.9 Å². The summed E-state index contributed by atoms with van der Waals surface area (Å²) in [7, 11) is 1.59. The zero-order chi connectivity index (χ0) is 18.7. The minimum Gasteiger partial charge on any atom is -0.497 e. The Morgan fingerprint density at radius 2 is 2.04 bits per heavy atom. The first-order valence-corrected chi connectivity index (χ1v) is 9.25. The van der Waals surface area contributed by atoms with Crippen LogP contribution in [0.5, 0.6) is 5.75 Å². The van der Waals surface area contributed by atoms with E-state index in [4.69, 9.17) is 4.74 Å². The van der Waals surface area contributed by atoms with E-state index in [0.29, 0.717) is 11.6 Å². The van der Waals surface area contributed by atoms with E-state index in [-0.39, 0.29) is 6.54 Å². The number of rotatable bonds is 5. The zero-order valence-electron chi connectivity index (χ0n) is 14.5. The standard InChI is InChI=1S/C17H20N4O4S/c1-10(22)7-18-16(23)17(24)19-15-13-8-26-9-14(13)20-21(15)11-3-5-12(25-2)6-4-11/h3-6,10,22H,7-9H2,1-2H3,(H,18,23)(H,19,24)/t10-/m0/s1. The van der Waals surface area contributed by atoms with Crippen LogP contribution in [0.3, 0.4) is 0 Å². The average Bonchev–Trinajstić information content (AvgIpc) is 3.22. The highest BCUT2D eigenvalue weighted by atomic mass is 32.2. The first kappa shape index (κ1) is 18.3. The number of aliphatic hydroxyl groups excluding tert-OH is 1. The van der Waals surface area contributed by atoms with Crippen LogP contribution in [0.2, 0.25) is 0 Å². The summed E-state index contributed by atoms with van der Waals surface area (Å²) < 4.78 is 6.79. The van der Waals surface area contributed by atoms with Crippen LogP contribution >= 0.6 is 11.8 Å². The maximum atomic E-state index is 12.2. The number of fused-ring (bicyclic) bond motifs is 1. The second-order valence-electron chi connectivity index (χ2n) is 5.89. The van der Waals surface area contributed by atoms with Crippen molar-refractivity contribution in [1.29, 1.82) is 0 Å². The lowest BCUT2D eigenvalue weighted by Crippen LogP contribution is -2.39. The molecule has 0 spiro atoms. The van der Waals surface area contributed by atoms with Gasteiger partial charge in [0.15, 0.2) is 0 Å². The summed E-state index contributed by atoms with van der Waals surface area (Å²) in [5.74, 6) is 1.10. The van der Waals surface area contributed by atoms with Crippen molar-refractivity contribution in [2.45, 2.75) is 24.5 Å². The van der Waals surface area contributed by atoms with Gasteiger partial charge in [-0.3, -0.25) is 9.59 Å². The van der Waals surface area contributed by atoms with Gasteiger partial charge in [0.05, 0.1) is 24.6 Å². The van der Waals surface area contributed by atoms with Gasteiger partial charge in [-0.05, 0) is 31.2 Å². The summed E-state index contributed by atoms with van der Waals surface area (Å²) in [6, 6.07) is 7.27. The van der Waals surface area contributed by atoms with Crippen molar-refractivity contribution >= 4 is 29.4 Å². The number of carbonyl (C=O) groups is 2. The van der Waals surface area contributed by atoms with Crippen molar-refractivity contribution in [2.75, 3.05) is 19.0 Å². The maximum Gasteiger partial charge on any atom is 0.314 e. The monoisotopic (exact) mass is 376 g/mol. The fraction of sp³-hybridized carbons (Fsp3) is 0.353. The van der Waals surface area contributed by atoms with E-state index in [1.54, 1.807) is 35.7 Å². The SMILES string of the molecule is COc1ccc(-n2nc3c(c2NC(=O)C(=O)NC[C@H](C)O)CSC3)cc1. The summed E-state index contributed by atoms with van der Waals surface area (Å²) in [5, 5.41) is 18.8. The molecule has 1 aliphatic rings. The number of carbonyl (C=O) groups excluding carboxylic acids is 2. The molecule has 0 unspecified atom stereocenters. The van der Waals surface area contributed by atoms with Crippen molar-refractivity contribution in [1.82, 2.24) is 15.1 Å². The molecule has 1 aromatic heterocycles. The summed E-state index contributed by atoms with van der Waals surface area (Å²) in [6.45, 7) is 1.54. The van der Waals surface area contributed by atoms with Crippen molar-refractivity contribution in [3.63, 3.8) is 0 Å². The fourth-order valence-corrected chi connectivity index (χ4v) is 3.57. The molecule has 2 amide bonds. The molecule has 0 saturated heterocycles. The Bertz CT molecular complexity index is 817. The summed E-state index contributed by atoms with van der Waals surface area (Å²) in [5.41, 5.74) is 2.57. The van der Waals surface area contributed by atoms with Crippen molar-refractivity contribution < 1.29 is 19.4 Å². The number of benzene rings is 1. The number of amides is 2. The lowest BCUT2D eigenvalue weighted by Gasteiger charge is -2.12. The smallest absolute Gasteiger partial charge is 0.314 e. The molecule has 2 aromatic rings. The van der Waals surface area contributed by atoms with Crippen LogP contribution < -0.4 is 15.4 Å². The number of hydrogen-bond acceptors (Lipinski definition) is 6. The quantitative estimate of drug-likeness (QED) is 0.674. The first-order chi connectivity index (χ1) is 12.5. The van der Waals surface area contributed by atoms with Crippen molar-refractivity contribution in [2.24, 2.45) is 0 Å². The van der Waals surface area contributed by atoms with Gasteiger partial charge in [0.25, 0.3) is 0 Å². The molecule has 9 heteroatoms. The van der Waals surface area contributed by atoms with Crippen LogP contribution in [0.25, 0.3) is 5.69 Å². The largest absolute Gasteiger partial charge is 0.497 e. The van der Waals surface area contributed by atoms with E-state index in [1.807, 2.05) is 12.1 Å². The van der Waals surface area contributed by atoms with Gasteiger partial charge in [0.1, 0.15) is 11.6 Å². The van der Waals surface area contributed by atoms with Gasteiger partial charge in [-0.1, -0.05) is 0 Å². The molecular formula is C17H20N4O4S. The Morgan fingerprint density at radius 1 is 1.31 bits per heavy atom. The molecule has 138 valence electrons. The van der Waals surface area contributed by atoms with Gasteiger partial charge >= 0.3 is 11.8 Å². The van der Waals surface area contributed by atoms with E-state index in [1.165, 1.54) is 6.92 Å². The van der Waals surface area contributed by atoms with Crippen molar-refractivity contribution in [3.8, 4) is 11.4 Å². The lowest BCUT2D eigenvalue weighted by molar-refractivity contribution is -0.136. The maximum absolute atomic E-state index is 12.2. The molecule has 1 aromatic carbocycles. The number of hydrogen-bond donors (Lipinski definition) is 3. The van der Waals surface area contributed by atoms with Gasteiger partial charge in [-0.15, -0.1) is 0 Å². The first-order valence-electron chi connectivity index (χ1n) is 8.09. The van der Waals surface area contributed by atoms with Crippen LogP contribution in [0, 0.1) is 0 Å². The van der Waals surface area contributed by atoms with E-state index >= 15 is 0 Å². The molecule has 3 N–H and O–H groups in total. The predicted octanol–water partition coefficient (Wildman–Crippen LogP) is 1.06. The fourth-order valence-electron chi connectivity index (χ4n) is 2.54. The molecule has 0 bridgehead atoms. The Morgan fingerprint density at radius 3 is 2.69 bits per heavy atom. The third kappa shape index (κ3) is 3.83. The lowest BCUT2D eigenvalue weighted by atomic mass is 10.2. The Kier molecular flexibility index (Phi) is 5.48. The molecule has 8 nitrogen and oxygen atoms in total.